The molecule has 40 heavy (non-hydrogen) atoms. The van der Waals surface area contributed by atoms with Gasteiger partial charge in [0, 0.05) is 26.7 Å². The van der Waals surface area contributed by atoms with Crippen LogP contribution in [0.5, 0.6) is 0 Å². The largest absolute Gasteiger partial charge is 0.378 e. The Bertz CT molecular complexity index is 1460. The molecule has 3 aromatic carbocycles. The number of carbonyl (C=O) groups excluding carboxylic acids is 3. The van der Waals surface area contributed by atoms with E-state index in [1.54, 1.807) is 52.3 Å². The van der Waals surface area contributed by atoms with Crippen molar-refractivity contribution in [2.24, 2.45) is 0 Å². The van der Waals surface area contributed by atoms with E-state index in [-0.39, 0.29) is 24.3 Å². The Morgan fingerprint density at radius 3 is 2.35 bits per heavy atom. The zero-order chi connectivity index (χ0) is 28.6. The van der Waals surface area contributed by atoms with Crippen molar-refractivity contribution in [1.82, 2.24) is 9.80 Å². The van der Waals surface area contributed by atoms with Gasteiger partial charge < -0.3 is 19.4 Å². The molecule has 3 aromatic rings. The number of fused-ring (bicyclic) bond motifs is 1. The quantitative estimate of drug-likeness (QED) is 0.306. The smallest absolute Gasteiger partial charge is 0.257 e. The topological polar surface area (TPSA) is 70.2 Å². The Balaban J connectivity index is 1.67. The standard InChI is InChI=1S/C30H28Cl2IN3O4/c1-18-15-22(32)7-9-24(18)19(2)36-28(20-3-5-21(31)6-4-20)30(39)35(17-27(37)34-11-13-40-14-12-34)26-10-8-23(33)16-25(26)29(36)38/h3-10,15-16,19,28H,11-14,17H2,1-2H3/t19-,28+/m1/s1. The molecule has 7 nitrogen and oxygen atoms in total. The third-order valence-electron chi connectivity index (χ3n) is 7.43. The highest BCUT2D eigenvalue weighted by atomic mass is 127. The number of ether oxygens (including phenoxy) is 1. The summed E-state index contributed by atoms with van der Waals surface area (Å²) in [4.78, 5) is 47.3. The Morgan fingerprint density at radius 1 is 1.00 bits per heavy atom. The summed E-state index contributed by atoms with van der Waals surface area (Å²) in [5, 5.41) is 1.11. The van der Waals surface area contributed by atoms with Crippen LogP contribution in [0.2, 0.25) is 10.0 Å². The fourth-order valence-electron chi connectivity index (χ4n) is 5.37. The van der Waals surface area contributed by atoms with E-state index in [1.807, 2.05) is 32.0 Å². The molecule has 0 radical (unpaired) electrons. The van der Waals surface area contributed by atoms with Crippen LogP contribution >= 0.6 is 45.8 Å². The first-order valence-corrected chi connectivity index (χ1v) is 14.8. The molecule has 2 aliphatic heterocycles. The third-order valence-corrected chi connectivity index (χ3v) is 8.59. The minimum Gasteiger partial charge on any atom is -0.378 e. The van der Waals surface area contributed by atoms with Gasteiger partial charge in [0.15, 0.2) is 0 Å². The summed E-state index contributed by atoms with van der Waals surface area (Å²) in [5.41, 5.74) is 3.16. The lowest BCUT2D eigenvalue weighted by atomic mass is 9.96. The number of rotatable bonds is 5. The van der Waals surface area contributed by atoms with Crippen molar-refractivity contribution < 1.29 is 19.1 Å². The second-order valence-corrected chi connectivity index (χ2v) is 12.0. The fraction of sp³-hybridized carbons (Fsp3) is 0.300. The summed E-state index contributed by atoms with van der Waals surface area (Å²) >= 11 is 14.6. The molecule has 208 valence electrons. The van der Waals surface area contributed by atoms with Crippen LogP contribution in [0.4, 0.5) is 5.69 Å². The highest BCUT2D eigenvalue weighted by Gasteiger charge is 2.44. The van der Waals surface area contributed by atoms with Crippen LogP contribution in [0, 0.1) is 10.5 Å². The average molecular weight is 692 g/mol. The normalized spacial score (nSPS) is 18.4. The van der Waals surface area contributed by atoms with Crippen molar-refractivity contribution in [3.8, 4) is 0 Å². The SMILES string of the molecule is Cc1cc(Cl)ccc1[C@@H](C)N1C(=O)c2cc(I)ccc2N(CC(=O)N2CCOCC2)C(=O)[C@@H]1c1ccc(Cl)cc1. The lowest BCUT2D eigenvalue weighted by Crippen LogP contribution is -2.49. The van der Waals surface area contributed by atoms with E-state index < -0.39 is 12.1 Å². The number of morpholine rings is 1. The van der Waals surface area contributed by atoms with Crippen LogP contribution in [0.15, 0.2) is 60.7 Å². The molecule has 1 saturated heterocycles. The molecule has 0 bridgehead atoms. The molecule has 10 heteroatoms. The van der Waals surface area contributed by atoms with Crippen LogP contribution in [0.3, 0.4) is 0 Å². The maximum Gasteiger partial charge on any atom is 0.257 e. The molecular weight excluding hydrogens is 664 g/mol. The Hall–Kier alpha value is -2.66. The van der Waals surface area contributed by atoms with Gasteiger partial charge >= 0.3 is 0 Å². The van der Waals surface area contributed by atoms with E-state index in [4.69, 9.17) is 27.9 Å². The van der Waals surface area contributed by atoms with E-state index in [2.05, 4.69) is 22.6 Å². The summed E-state index contributed by atoms with van der Waals surface area (Å²) in [7, 11) is 0. The monoisotopic (exact) mass is 691 g/mol. The van der Waals surface area contributed by atoms with Crippen molar-refractivity contribution in [1.29, 1.82) is 0 Å². The van der Waals surface area contributed by atoms with Gasteiger partial charge in [0.25, 0.3) is 11.8 Å². The van der Waals surface area contributed by atoms with E-state index in [1.165, 1.54) is 4.90 Å². The van der Waals surface area contributed by atoms with Gasteiger partial charge in [-0.2, -0.15) is 0 Å². The van der Waals surface area contributed by atoms with Crippen LogP contribution in [0.25, 0.3) is 0 Å². The molecule has 3 amide bonds. The van der Waals surface area contributed by atoms with Crippen molar-refractivity contribution in [3.05, 3.63) is 96.5 Å². The molecule has 0 saturated carbocycles. The van der Waals surface area contributed by atoms with Gasteiger partial charge in [0.2, 0.25) is 5.91 Å². The zero-order valence-corrected chi connectivity index (χ0v) is 25.7. The molecule has 1 fully saturated rings. The molecule has 0 aliphatic carbocycles. The lowest BCUT2D eigenvalue weighted by molar-refractivity contribution is -0.135. The predicted molar refractivity (Wildman–Crippen MR) is 164 cm³/mol. The second kappa shape index (κ2) is 12.1. The summed E-state index contributed by atoms with van der Waals surface area (Å²) < 4.78 is 6.25. The van der Waals surface area contributed by atoms with Crippen molar-refractivity contribution in [2.45, 2.75) is 25.9 Å². The highest BCUT2D eigenvalue weighted by Crippen LogP contribution is 2.41. The number of aryl methyl sites for hydroxylation is 1. The lowest BCUT2D eigenvalue weighted by Gasteiger charge is -2.36. The van der Waals surface area contributed by atoms with Crippen LogP contribution in [-0.4, -0.2) is 60.4 Å². The number of amides is 3. The summed E-state index contributed by atoms with van der Waals surface area (Å²) in [6.07, 6.45) is 0. The number of anilines is 1. The van der Waals surface area contributed by atoms with Crippen molar-refractivity contribution in [3.63, 3.8) is 0 Å². The Morgan fingerprint density at radius 2 is 1.68 bits per heavy atom. The average Bonchev–Trinajstić information content (AvgIpc) is 3.02. The molecule has 2 aliphatic rings. The van der Waals surface area contributed by atoms with Gasteiger partial charge in [-0.1, -0.05) is 41.4 Å². The molecule has 2 heterocycles. The van der Waals surface area contributed by atoms with Gasteiger partial charge in [-0.15, -0.1) is 0 Å². The summed E-state index contributed by atoms with van der Waals surface area (Å²) in [5.74, 6) is -0.862. The molecule has 0 aromatic heterocycles. The van der Waals surface area contributed by atoms with Gasteiger partial charge in [0.05, 0.1) is 30.5 Å². The molecule has 2 atom stereocenters. The highest BCUT2D eigenvalue weighted by molar-refractivity contribution is 14.1. The molecular formula is C30H28Cl2IN3O4. The number of hydrogen-bond acceptors (Lipinski definition) is 4. The summed E-state index contributed by atoms with van der Waals surface area (Å²) in [6, 6.07) is 16.3. The predicted octanol–water partition coefficient (Wildman–Crippen LogP) is 6.06. The molecule has 0 unspecified atom stereocenters. The molecule has 5 rings (SSSR count). The van der Waals surface area contributed by atoms with Crippen LogP contribution < -0.4 is 4.90 Å². The number of carbonyl (C=O) groups is 3. The number of nitrogens with zero attached hydrogens (tertiary/aromatic N) is 3. The van der Waals surface area contributed by atoms with Gasteiger partial charge in [-0.05, 0) is 95.6 Å². The minimum atomic E-state index is -1.00. The van der Waals surface area contributed by atoms with Gasteiger partial charge in [0.1, 0.15) is 12.6 Å². The first-order valence-electron chi connectivity index (χ1n) is 13.0. The first-order chi connectivity index (χ1) is 19.2. The van der Waals surface area contributed by atoms with Crippen molar-refractivity contribution >= 4 is 69.2 Å². The van der Waals surface area contributed by atoms with E-state index in [0.29, 0.717) is 53.2 Å². The molecule has 0 spiro atoms. The van der Waals surface area contributed by atoms with Gasteiger partial charge in [-0.3, -0.25) is 14.4 Å². The van der Waals surface area contributed by atoms with Crippen LogP contribution in [-0.2, 0) is 14.3 Å². The Labute approximate surface area is 257 Å². The number of benzene rings is 3. The Kier molecular flexibility index (Phi) is 8.70. The van der Waals surface area contributed by atoms with Gasteiger partial charge in [-0.25, -0.2) is 0 Å². The van der Waals surface area contributed by atoms with E-state index in [9.17, 15) is 14.4 Å². The maximum atomic E-state index is 14.6. The fourth-order valence-corrected chi connectivity index (χ4v) is 6.22. The maximum absolute atomic E-state index is 14.6. The molecule has 0 N–H and O–H groups in total. The minimum absolute atomic E-state index is 0.189. The first kappa shape index (κ1) is 28.9. The number of halogens is 3. The second-order valence-electron chi connectivity index (χ2n) is 9.92. The zero-order valence-electron chi connectivity index (χ0n) is 22.1. The third kappa shape index (κ3) is 5.72. The van der Waals surface area contributed by atoms with E-state index >= 15 is 0 Å². The van der Waals surface area contributed by atoms with Crippen molar-refractivity contribution in [2.75, 3.05) is 37.7 Å². The van der Waals surface area contributed by atoms with E-state index in [0.717, 1.165) is 14.7 Å². The van der Waals surface area contributed by atoms with Crippen LogP contribution in [0.1, 0.15) is 46.1 Å². The summed E-state index contributed by atoms with van der Waals surface area (Å²) in [6.45, 7) is 5.47. The number of hydrogen-bond donors (Lipinski definition) is 0.